The minimum atomic E-state index is -0.435. The van der Waals surface area contributed by atoms with E-state index in [4.69, 9.17) is 0 Å². The Morgan fingerprint density at radius 3 is 2.54 bits per heavy atom. The first-order chi connectivity index (χ1) is 6.31. The summed E-state index contributed by atoms with van der Waals surface area (Å²) in [6.07, 6.45) is 2.60. The first kappa shape index (κ1) is 10.9. The summed E-state index contributed by atoms with van der Waals surface area (Å²) in [5.41, 5.74) is 0. The number of carbonyl (C=O) groups excluding carboxylic acids is 1. The summed E-state index contributed by atoms with van der Waals surface area (Å²) >= 11 is 0. The smallest absolute Gasteiger partial charge is 0.331 e. The summed E-state index contributed by atoms with van der Waals surface area (Å²) in [6, 6.07) is 0. The fourth-order valence-corrected chi connectivity index (χ4v) is 0.381. The summed E-state index contributed by atoms with van der Waals surface area (Å²) in [4.78, 5) is 10.5. The standard InChI is InChI=1S/C11H8O2/c1-3-4-5-6-7-8-9-10-11(12)13-2/h9-10H,1-2H3/b10-9+. The van der Waals surface area contributed by atoms with E-state index in [1.54, 1.807) is 6.92 Å². The van der Waals surface area contributed by atoms with E-state index in [0.717, 1.165) is 0 Å². The lowest BCUT2D eigenvalue weighted by molar-refractivity contribution is -0.134. The van der Waals surface area contributed by atoms with Crippen molar-refractivity contribution in [2.75, 3.05) is 7.11 Å². The molecule has 0 saturated carbocycles. The molecule has 0 aliphatic rings. The van der Waals surface area contributed by atoms with Crippen molar-refractivity contribution in [1.82, 2.24) is 0 Å². The van der Waals surface area contributed by atoms with Crippen molar-refractivity contribution in [2.24, 2.45) is 0 Å². The number of rotatable bonds is 1. The fraction of sp³-hybridized carbons (Fsp3) is 0.182. The Kier molecular flexibility index (Phi) is 6.69. The van der Waals surface area contributed by atoms with E-state index in [1.165, 1.54) is 19.3 Å². The first-order valence-electron chi connectivity index (χ1n) is 3.48. The molecule has 0 atom stereocenters. The second kappa shape index (κ2) is 7.99. The molecule has 0 N–H and O–H groups in total. The zero-order valence-electron chi connectivity index (χ0n) is 7.47. The monoisotopic (exact) mass is 172 g/mol. The Morgan fingerprint density at radius 2 is 1.92 bits per heavy atom. The van der Waals surface area contributed by atoms with Gasteiger partial charge in [-0.3, -0.25) is 0 Å². The van der Waals surface area contributed by atoms with Gasteiger partial charge < -0.3 is 4.74 Å². The third kappa shape index (κ3) is 7.79. The van der Waals surface area contributed by atoms with E-state index < -0.39 is 5.97 Å². The van der Waals surface area contributed by atoms with Gasteiger partial charge in [0.25, 0.3) is 0 Å². The maximum atomic E-state index is 10.5. The van der Waals surface area contributed by atoms with Gasteiger partial charge in [-0.1, -0.05) is 11.8 Å². The summed E-state index contributed by atoms with van der Waals surface area (Å²) in [7, 11) is 1.30. The molecule has 0 aromatic carbocycles. The minimum Gasteiger partial charge on any atom is -0.466 e. The van der Waals surface area contributed by atoms with Gasteiger partial charge in [0.05, 0.1) is 7.11 Å². The number of hydrogen-bond donors (Lipinski definition) is 0. The van der Waals surface area contributed by atoms with Crippen LogP contribution in [0.4, 0.5) is 0 Å². The number of methoxy groups -OCH3 is 1. The molecule has 0 amide bonds. The van der Waals surface area contributed by atoms with Crippen molar-refractivity contribution < 1.29 is 9.53 Å². The van der Waals surface area contributed by atoms with Gasteiger partial charge in [0.1, 0.15) is 0 Å². The summed E-state index contributed by atoms with van der Waals surface area (Å²) < 4.78 is 4.34. The maximum absolute atomic E-state index is 10.5. The molecule has 0 aliphatic carbocycles. The van der Waals surface area contributed by atoms with Crippen LogP contribution in [-0.4, -0.2) is 13.1 Å². The molecule has 0 saturated heterocycles. The molecule has 0 rings (SSSR count). The van der Waals surface area contributed by atoms with Crippen LogP contribution in [0.25, 0.3) is 0 Å². The van der Waals surface area contributed by atoms with Crippen molar-refractivity contribution in [3.8, 4) is 35.5 Å². The highest BCUT2D eigenvalue weighted by Gasteiger charge is 1.85. The van der Waals surface area contributed by atoms with Gasteiger partial charge in [-0.05, 0) is 36.7 Å². The lowest BCUT2D eigenvalue weighted by Gasteiger charge is -1.84. The highest BCUT2D eigenvalue weighted by atomic mass is 16.5. The van der Waals surface area contributed by atoms with E-state index in [0.29, 0.717) is 0 Å². The van der Waals surface area contributed by atoms with Crippen LogP contribution in [0, 0.1) is 35.5 Å². The Labute approximate surface area is 78.0 Å². The Bertz CT molecular complexity index is 370. The zero-order chi connectivity index (χ0) is 9.94. The van der Waals surface area contributed by atoms with Gasteiger partial charge in [-0.15, -0.1) is 0 Å². The highest BCUT2D eigenvalue weighted by molar-refractivity contribution is 5.82. The Hall–Kier alpha value is -2.11. The predicted octanol–water partition coefficient (Wildman–Crippen LogP) is 0.746. The van der Waals surface area contributed by atoms with E-state index in [9.17, 15) is 4.79 Å². The van der Waals surface area contributed by atoms with E-state index in [1.807, 2.05) is 0 Å². The average molecular weight is 172 g/mol. The second-order valence-electron chi connectivity index (χ2n) is 1.75. The third-order valence-corrected chi connectivity index (χ3v) is 0.889. The van der Waals surface area contributed by atoms with Gasteiger partial charge in [0.15, 0.2) is 0 Å². The van der Waals surface area contributed by atoms with E-state index >= 15 is 0 Å². The normalized spacial score (nSPS) is 6.92. The van der Waals surface area contributed by atoms with Crippen LogP contribution in [0.2, 0.25) is 0 Å². The number of allylic oxidation sites excluding steroid dienone is 1. The van der Waals surface area contributed by atoms with Crippen molar-refractivity contribution in [2.45, 2.75) is 6.92 Å². The predicted molar refractivity (Wildman–Crippen MR) is 50.2 cm³/mol. The number of ether oxygens (including phenoxy) is 1. The second-order valence-corrected chi connectivity index (χ2v) is 1.75. The maximum Gasteiger partial charge on any atom is 0.331 e. The van der Waals surface area contributed by atoms with Crippen LogP contribution in [0.15, 0.2) is 12.2 Å². The topological polar surface area (TPSA) is 26.3 Å². The van der Waals surface area contributed by atoms with Crippen LogP contribution in [-0.2, 0) is 9.53 Å². The number of esters is 1. The largest absolute Gasteiger partial charge is 0.466 e. The van der Waals surface area contributed by atoms with Gasteiger partial charge in [0.2, 0.25) is 0 Å². The molecule has 0 heterocycles. The number of hydrogen-bond acceptors (Lipinski definition) is 2. The van der Waals surface area contributed by atoms with Crippen molar-refractivity contribution in [3.05, 3.63) is 12.2 Å². The molecule has 2 nitrogen and oxygen atoms in total. The lowest BCUT2D eigenvalue weighted by atomic mass is 10.4. The molecule has 0 bridgehead atoms. The highest BCUT2D eigenvalue weighted by Crippen LogP contribution is 1.75. The van der Waals surface area contributed by atoms with E-state index in [-0.39, 0.29) is 0 Å². The molecule has 2 heteroatoms. The molecule has 64 valence electrons. The minimum absolute atomic E-state index is 0.435. The van der Waals surface area contributed by atoms with Gasteiger partial charge >= 0.3 is 5.97 Å². The van der Waals surface area contributed by atoms with E-state index in [2.05, 4.69) is 40.3 Å². The third-order valence-electron chi connectivity index (χ3n) is 0.889. The summed E-state index contributed by atoms with van der Waals surface area (Å²) in [5, 5.41) is 0. The molecule has 0 spiro atoms. The van der Waals surface area contributed by atoms with Crippen LogP contribution in [0.3, 0.4) is 0 Å². The molecular weight excluding hydrogens is 164 g/mol. The van der Waals surface area contributed by atoms with Crippen LogP contribution < -0.4 is 0 Å². The summed E-state index contributed by atoms with van der Waals surface area (Å²) in [5.74, 6) is 14.7. The Morgan fingerprint density at radius 1 is 1.23 bits per heavy atom. The Balaban J connectivity index is 4.00. The van der Waals surface area contributed by atoms with Gasteiger partial charge in [-0.2, -0.15) is 0 Å². The first-order valence-corrected chi connectivity index (χ1v) is 3.48. The number of carbonyl (C=O) groups is 1. The lowest BCUT2D eigenvalue weighted by Crippen LogP contribution is -1.92. The summed E-state index contributed by atoms with van der Waals surface area (Å²) in [6.45, 7) is 1.69. The molecule has 0 radical (unpaired) electrons. The fourth-order valence-electron chi connectivity index (χ4n) is 0.381. The van der Waals surface area contributed by atoms with Crippen LogP contribution in [0.1, 0.15) is 6.92 Å². The van der Waals surface area contributed by atoms with Crippen LogP contribution >= 0.6 is 0 Å². The SMILES string of the molecule is CC#CC#CC#C/C=C/C(=O)OC. The quantitative estimate of drug-likeness (QED) is 0.331. The average Bonchev–Trinajstić information content (AvgIpc) is 2.16. The molecule has 0 aliphatic heterocycles. The van der Waals surface area contributed by atoms with Gasteiger partial charge in [0, 0.05) is 6.08 Å². The van der Waals surface area contributed by atoms with Gasteiger partial charge in [-0.25, -0.2) is 4.79 Å². The molecule has 0 aromatic rings. The molecule has 0 aromatic heterocycles. The molecule has 13 heavy (non-hydrogen) atoms. The molecule has 0 unspecified atom stereocenters. The van der Waals surface area contributed by atoms with Crippen molar-refractivity contribution in [3.63, 3.8) is 0 Å². The molecular formula is C11H8O2. The zero-order valence-corrected chi connectivity index (χ0v) is 7.47. The molecule has 0 fully saturated rings. The van der Waals surface area contributed by atoms with Crippen LogP contribution in [0.5, 0.6) is 0 Å². The van der Waals surface area contributed by atoms with Crippen molar-refractivity contribution in [1.29, 1.82) is 0 Å². The van der Waals surface area contributed by atoms with Crippen molar-refractivity contribution >= 4 is 5.97 Å².